The first-order valence-corrected chi connectivity index (χ1v) is 7.17. The van der Waals surface area contributed by atoms with Gasteiger partial charge in [0.1, 0.15) is 0 Å². The topological polar surface area (TPSA) is 29.3 Å². The monoisotopic (exact) mass is 266 g/mol. The lowest BCUT2D eigenvalue weighted by Gasteiger charge is -2.34. The molecule has 2 unspecified atom stereocenters. The first kappa shape index (κ1) is 13.9. The molecule has 2 rings (SSSR count). The molecule has 0 amide bonds. The molecular weight excluding hydrogens is 244 g/mol. The molecule has 3 heteroatoms. The van der Waals surface area contributed by atoms with Crippen LogP contribution in [0.2, 0.25) is 5.02 Å². The molecule has 100 valence electrons. The third-order valence-electron chi connectivity index (χ3n) is 3.93. The van der Waals surface area contributed by atoms with Crippen molar-refractivity contribution in [1.29, 1.82) is 0 Å². The number of likely N-dealkylation sites (tertiary alicyclic amines) is 1. The van der Waals surface area contributed by atoms with Crippen molar-refractivity contribution in [2.75, 3.05) is 13.1 Å². The van der Waals surface area contributed by atoms with Gasteiger partial charge in [0.2, 0.25) is 0 Å². The Balaban J connectivity index is 1.98. The third-order valence-corrected chi connectivity index (χ3v) is 4.34. The van der Waals surface area contributed by atoms with E-state index in [0.717, 1.165) is 23.7 Å². The fraction of sp³-hybridized carbons (Fsp3) is 0.600. The summed E-state index contributed by atoms with van der Waals surface area (Å²) < 4.78 is 0. The van der Waals surface area contributed by atoms with Crippen LogP contribution in [0.5, 0.6) is 0 Å². The maximum Gasteiger partial charge on any atom is 0.0438 e. The Hall–Kier alpha value is -0.570. The van der Waals surface area contributed by atoms with Crippen LogP contribution in [0.1, 0.15) is 30.9 Å². The lowest BCUT2D eigenvalue weighted by Crippen LogP contribution is -2.41. The number of halogens is 1. The van der Waals surface area contributed by atoms with Gasteiger partial charge in [-0.15, -0.1) is 0 Å². The predicted octanol–water partition coefficient (Wildman–Crippen LogP) is 3.21. The summed E-state index contributed by atoms with van der Waals surface area (Å²) in [6.07, 6.45) is 2.52. The van der Waals surface area contributed by atoms with Crippen LogP contribution in [0.25, 0.3) is 0 Å². The van der Waals surface area contributed by atoms with Gasteiger partial charge < -0.3 is 5.73 Å². The van der Waals surface area contributed by atoms with Crippen LogP contribution < -0.4 is 5.73 Å². The lowest BCUT2D eigenvalue weighted by atomic mass is 9.92. The number of hydrogen-bond donors (Lipinski definition) is 1. The molecule has 0 bridgehead atoms. The zero-order chi connectivity index (χ0) is 13.1. The van der Waals surface area contributed by atoms with Crippen LogP contribution in [0.15, 0.2) is 18.2 Å². The maximum atomic E-state index is 6.17. The van der Waals surface area contributed by atoms with Crippen LogP contribution in [0, 0.1) is 12.8 Å². The number of rotatable bonds is 3. The second-order valence-corrected chi connectivity index (χ2v) is 5.99. The number of hydrogen-bond acceptors (Lipinski definition) is 2. The average Bonchev–Trinajstić information content (AvgIpc) is 2.34. The molecule has 1 heterocycles. The second-order valence-electron chi connectivity index (χ2n) is 5.58. The van der Waals surface area contributed by atoms with Crippen LogP contribution in [-0.2, 0) is 6.54 Å². The van der Waals surface area contributed by atoms with E-state index < -0.39 is 0 Å². The Labute approximate surface area is 115 Å². The molecule has 0 aromatic heterocycles. The molecule has 18 heavy (non-hydrogen) atoms. The summed E-state index contributed by atoms with van der Waals surface area (Å²) >= 11 is 6.17. The molecule has 0 saturated carbocycles. The van der Waals surface area contributed by atoms with Gasteiger partial charge in [0.15, 0.2) is 0 Å². The van der Waals surface area contributed by atoms with Gasteiger partial charge in [-0.25, -0.2) is 0 Å². The Bertz CT molecular complexity index is 403. The summed E-state index contributed by atoms with van der Waals surface area (Å²) in [6, 6.07) is 6.67. The van der Waals surface area contributed by atoms with E-state index in [2.05, 4.69) is 30.0 Å². The van der Waals surface area contributed by atoms with Crippen LogP contribution in [0.4, 0.5) is 0 Å². The fourth-order valence-electron chi connectivity index (χ4n) is 2.66. The average molecular weight is 267 g/mol. The van der Waals surface area contributed by atoms with E-state index in [9.17, 15) is 0 Å². The van der Waals surface area contributed by atoms with Crippen molar-refractivity contribution in [2.24, 2.45) is 11.7 Å². The minimum atomic E-state index is 0.300. The minimum absolute atomic E-state index is 0.300. The van der Waals surface area contributed by atoms with E-state index in [4.69, 9.17) is 17.3 Å². The highest BCUT2D eigenvalue weighted by atomic mass is 35.5. The predicted molar refractivity (Wildman–Crippen MR) is 77.8 cm³/mol. The van der Waals surface area contributed by atoms with Crippen molar-refractivity contribution in [3.8, 4) is 0 Å². The second kappa shape index (κ2) is 6.05. The highest BCUT2D eigenvalue weighted by molar-refractivity contribution is 6.31. The van der Waals surface area contributed by atoms with Gasteiger partial charge in [0, 0.05) is 24.2 Å². The van der Waals surface area contributed by atoms with E-state index in [0.29, 0.717) is 12.0 Å². The van der Waals surface area contributed by atoms with Gasteiger partial charge in [0.25, 0.3) is 0 Å². The van der Waals surface area contributed by atoms with E-state index in [1.165, 1.54) is 24.9 Å². The number of benzene rings is 1. The lowest BCUT2D eigenvalue weighted by molar-refractivity contribution is 0.154. The van der Waals surface area contributed by atoms with Crippen molar-refractivity contribution in [2.45, 2.75) is 39.3 Å². The quantitative estimate of drug-likeness (QED) is 0.910. The highest BCUT2D eigenvalue weighted by Gasteiger charge is 2.22. The van der Waals surface area contributed by atoms with E-state index >= 15 is 0 Å². The summed E-state index contributed by atoms with van der Waals surface area (Å²) in [6.45, 7) is 7.44. The van der Waals surface area contributed by atoms with Gasteiger partial charge >= 0.3 is 0 Å². The maximum absolute atomic E-state index is 6.17. The standard InChI is InChI=1S/C15H23ClN2/c1-11-5-6-13(8-15(11)16)9-18-7-3-4-14(10-18)12(2)17/h5-6,8,12,14H,3-4,7,9-10,17H2,1-2H3. The van der Waals surface area contributed by atoms with Gasteiger partial charge in [-0.1, -0.05) is 23.7 Å². The molecule has 1 aromatic carbocycles. The summed E-state index contributed by atoms with van der Waals surface area (Å²) in [4.78, 5) is 2.50. The van der Waals surface area contributed by atoms with Crippen molar-refractivity contribution < 1.29 is 0 Å². The van der Waals surface area contributed by atoms with Crippen LogP contribution >= 0.6 is 11.6 Å². The van der Waals surface area contributed by atoms with Crippen molar-refractivity contribution in [3.05, 3.63) is 34.3 Å². The van der Waals surface area contributed by atoms with Gasteiger partial charge in [-0.2, -0.15) is 0 Å². The molecule has 1 aromatic rings. The van der Waals surface area contributed by atoms with Crippen LogP contribution in [0.3, 0.4) is 0 Å². The summed E-state index contributed by atoms with van der Waals surface area (Å²) in [7, 11) is 0. The normalized spacial score (nSPS) is 23.0. The minimum Gasteiger partial charge on any atom is -0.328 e. The van der Waals surface area contributed by atoms with Gasteiger partial charge in [0.05, 0.1) is 0 Å². The van der Waals surface area contributed by atoms with E-state index in [1.807, 2.05) is 6.92 Å². The molecule has 0 aliphatic carbocycles. The molecule has 1 saturated heterocycles. The molecule has 1 fully saturated rings. The molecule has 0 spiro atoms. The van der Waals surface area contributed by atoms with Crippen molar-refractivity contribution in [1.82, 2.24) is 4.90 Å². The summed E-state index contributed by atoms with van der Waals surface area (Å²) in [5, 5.41) is 0.869. The molecule has 1 aliphatic rings. The largest absolute Gasteiger partial charge is 0.328 e. The molecule has 2 N–H and O–H groups in total. The third kappa shape index (κ3) is 3.47. The number of piperidine rings is 1. The zero-order valence-electron chi connectivity index (χ0n) is 11.3. The molecule has 2 nitrogen and oxygen atoms in total. The number of aryl methyl sites for hydroxylation is 1. The SMILES string of the molecule is Cc1ccc(CN2CCCC(C(C)N)C2)cc1Cl. The molecular formula is C15H23ClN2. The molecule has 2 atom stereocenters. The number of nitrogens with two attached hydrogens (primary N) is 1. The fourth-order valence-corrected chi connectivity index (χ4v) is 2.86. The van der Waals surface area contributed by atoms with Crippen LogP contribution in [-0.4, -0.2) is 24.0 Å². The van der Waals surface area contributed by atoms with Gasteiger partial charge in [-0.05, 0) is 56.3 Å². The van der Waals surface area contributed by atoms with Crippen molar-refractivity contribution >= 4 is 11.6 Å². The van der Waals surface area contributed by atoms with E-state index in [1.54, 1.807) is 0 Å². The summed E-state index contributed by atoms with van der Waals surface area (Å²) in [5.41, 5.74) is 8.47. The molecule has 0 radical (unpaired) electrons. The first-order valence-electron chi connectivity index (χ1n) is 6.79. The Morgan fingerprint density at radius 1 is 1.50 bits per heavy atom. The molecule has 1 aliphatic heterocycles. The van der Waals surface area contributed by atoms with Gasteiger partial charge in [-0.3, -0.25) is 4.90 Å². The highest BCUT2D eigenvalue weighted by Crippen LogP contribution is 2.22. The van der Waals surface area contributed by atoms with Crippen molar-refractivity contribution in [3.63, 3.8) is 0 Å². The number of nitrogens with zero attached hydrogens (tertiary/aromatic N) is 1. The Morgan fingerprint density at radius 3 is 2.94 bits per heavy atom. The smallest absolute Gasteiger partial charge is 0.0438 e. The Morgan fingerprint density at radius 2 is 2.28 bits per heavy atom. The van der Waals surface area contributed by atoms with E-state index in [-0.39, 0.29) is 0 Å². The first-order chi connectivity index (χ1) is 8.56. The zero-order valence-corrected chi connectivity index (χ0v) is 12.1. The Kier molecular flexibility index (Phi) is 4.66. The summed E-state index contributed by atoms with van der Waals surface area (Å²) in [5.74, 6) is 0.639.